The number of esters is 1. The summed E-state index contributed by atoms with van der Waals surface area (Å²) in [7, 11) is 1.40. The van der Waals surface area contributed by atoms with E-state index in [4.69, 9.17) is 0 Å². The Bertz CT molecular complexity index is 389. The summed E-state index contributed by atoms with van der Waals surface area (Å²) in [6.45, 7) is 9.35. The first-order chi connectivity index (χ1) is 10.8. The predicted molar refractivity (Wildman–Crippen MR) is 92.4 cm³/mol. The number of methoxy groups -OCH3 is 1. The number of carbonyl (C=O) groups is 2. The van der Waals surface area contributed by atoms with Crippen LogP contribution in [0, 0.1) is 0 Å². The van der Waals surface area contributed by atoms with Gasteiger partial charge >= 0.3 is 5.97 Å². The Balaban J connectivity index is 4.03. The highest BCUT2D eigenvalue weighted by molar-refractivity contribution is 5.85. The maximum Gasteiger partial charge on any atom is 0.305 e. The third-order valence-corrected chi connectivity index (χ3v) is 2.82. The Labute approximate surface area is 139 Å². The van der Waals surface area contributed by atoms with Crippen LogP contribution in [0.1, 0.15) is 53.4 Å². The molecule has 0 saturated carbocycles. The average Bonchev–Trinajstić information content (AvgIpc) is 2.45. The summed E-state index contributed by atoms with van der Waals surface area (Å²) in [6, 6.07) is 0. The Morgan fingerprint density at radius 3 is 2.35 bits per heavy atom. The fourth-order valence-corrected chi connectivity index (χ4v) is 1.83. The molecular formula is C16H32N4O3. The lowest BCUT2D eigenvalue weighted by molar-refractivity contribution is -0.140. The lowest BCUT2D eigenvalue weighted by atomic mass is 10.1. The first kappa shape index (κ1) is 21.2. The molecule has 3 N–H and O–H groups in total. The highest BCUT2D eigenvalue weighted by Crippen LogP contribution is 2.00. The Morgan fingerprint density at radius 2 is 1.78 bits per heavy atom. The number of nitrogens with one attached hydrogen (secondary N) is 3. The number of rotatable bonds is 9. The molecule has 0 rings (SSSR count). The zero-order valence-electron chi connectivity index (χ0n) is 15.1. The lowest BCUT2D eigenvalue weighted by Crippen LogP contribution is -2.43. The number of ether oxygens (including phenoxy) is 1. The quantitative estimate of drug-likeness (QED) is 0.256. The van der Waals surface area contributed by atoms with Gasteiger partial charge in [0.15, 0.2) is 5.96 Å². The average molecular weight is 328 g/mol. The maximum atomic E-state index is 11.8. The first-order valence-electron chi connectivity index (χ1n) is 8.18. The van der Waals surface area contributed by atoms with E-state index in [2.05, 4.69) is 25.7 Å². The van der Waals surface area contributed by atoms with Crippen molar-refractivity contribution in [2.24, 2.45) is 4.99 Å². The third-order valence-electron chi connectivity index (χ3n) is 2.82. The van der Waals surface area contributed by atoms with Crippen molar-refractivity contribution in [3.05, 3.63) is 0 Å². The molecule has 0 aliphatic rings. The number of nitrogens with zero attached hydrogens (tertiary/aromatic N) is 1. The largest absolute Gasteiger partial charge is 0.469 e. The molecule has 0 fully saturated rings. The minimum Gasteiger partial charge on any atom is -0.469 e. The molecule has 0 unspecified atom stereocenters. The summed E-state index contributed by atoms with van der Waals surface area (Å²) in [6.07, 6.45) is 3.13. The number of hydrogen-bond donors (Lipinski definition) is 3. The summed E-state index contributed by atoms with van der Waals surface area (Å²) in [5.74, 6) is 0.357. The Kier molecular flexibility index (Phi) is 10.8. The second kappa shape index (κ2) is 11.7. The minimum absolute atomic E-state index is 0.0922. The summed E-state index contributed by atoms with van der Waals surface area (Å²) in [5, 5.41) is 9.16. The monoisotopic (exact) mass is 328 g/mol. The van der Waals surface area contributed by atoms with Gasteiger partial charge in [0.05, 0.1) is 7.11 Å². The molecule has 0 atom stereocenters. The standard InChI is InChI=1S/C16H32N4O3/c1-6-17-15(19-12-13(21)20-16(2,3)4)18-11-9-7-8-10-14(22)23-5/h6-12H2,1-5H3,(H,20,21)(H2,17,18,19). The topological polar surface area (TPSA) is 91.8 Å². The van der Waals surface area contributed by atoms with Gasteiger partial charge in [-0.3, -0.25) is 9.59 Å². The van der Waals surface area contributed by atoms with E-state index in [1.165, 1.54) is 7.11 Å². The van der Waals surface area contributed by atoms with Crippen molar-refractivity contribution < 1.29 is 14.3 Å². The van der Waals surface area contributed by atoms with E-state index in [0.717, 1.165) is 32.4 Å². The van der Waals surface area contributed by atoms with E-state index in [9.17, 15) is 9.59 Å². The molecule has 134 valence electrons. The van der Waals surface area contributed by atoms with Gasteiger partial charge < -0.3 is 20.7 Å². The number of unbranched alkanes of at least 4 members (excludes halogenated alkanes) is 2. The van der Waals surface area contributed by atoms with Crippen LogP contribution in [0.3, 0.4) is 0 Å². The van der Waals surface area contributed by atoms with E-state index in [-0.39, 0.29) is 24.0 Å². The van der Waals surface area contributed by atoms with Crippen LogP contribution in [0.25, 0.3) is 0 Å². The Hall–Kier alpha value is -1.79. The van der Waals surface area contributed by atoms with E-state index in [1.807, 2.05) is 27.7 Å². The molecular weight excluding hydrogens is 296 g/mol. The molecule has 1 amide bonds. The molecule has 0 radical (unpaired) electrons. The zero-order valence-corrected chi connectivity index (χ0v) is 15.1. The number of carbonyl (C=O) groups excluding carboxylic acids is 2. The fraction of sp³-hybridized carbons (Fsp3) is 0.812. The van der Waals surface area contributed by atoms with Crippen molar-refractivity contribution >= 4 is 17.8 Å². The molecule has 0 spiro atoms. The van der Waals surface area contributed by atoms with Crippen LogP contribution in [-0.2, 0) is 14.3 Å². The van der Waals surface area contributed by atoms with Crippen molar-refractivity contribution in [2.75, 3.05) is 26.7 Å². The van der Waals surface area contributed by atoms with Crippen LogP contribution in [0.2, 0.25) is 0 Å². The van der Waals surface area contributed by atoms with Crippen LogP contribution in [0.15, 0.2) is 4.99 Å². The van der Waals surface area contributed by atoms with Crippen LogP contribution in [-0.4, -0.2) is 50.1 Å². The summed E-state index contributed by atoms with van der Waals surface area (Å²) >= 11 is 0. The molecule has 0 aliphatic carbocycles. The van der Waals surface area contributed by atoms with Gasteiger partial charge in [-0.1, -0.05) is 6.42 Å². The fourth-order valence-electron chi connectivity index (χ4n) is 1.83. The number of hydrogen-bond acceptors (Lipinski definition) is 4. The van der Waals surface area contributed by atoms with Crippen molar-refractivity contribution in [3.8, 4) is 0 Å². The number of guanidine groups is 1. The number of aliphatic imine (C=N–C) groups is 1. The zero-order chi connectivity index (χ0) is 17.7. The first-order valence-corrected chi connectivity index (χ1v) is 8.18. The predicted octanol–water partition coefficient (Wildman–Crippen LogP) is 1.19. The second-order valence-corrected chi connectivity index (χ2v) is 6.31. The van der Waals surface area contributed by atoms with Gasteiger partial charge in [-0.15, -0.1) is 0 Å². The molecule has 7 heteroatoms. The van der Waals surface area contributed by atoms with Gasteiger partial charge in [0.1, 0.15) is 6.54 Å². The summed E-state index contributed by atoms with van der Waals surface area (Å²) in [4.78, 5) is 27.0. The summed E-state index contributed by atoms with van der Waals surface area (Å²) < 4.78 is 4.59. The highest BCUT2D eigenvalue weighted by Gasteiger charge is 2.13. The molecule has 0 aromatic carbocycles. The van der Waals surface area contributed by atoms with Crippen LogP contribution in [0.4, 0.5) is 0 Å². The van der Waals surface area contributed by atoms with Gasteiger partial charge in [-0.05, 0) is 40.5 Å². The van der Waals surface area contributed by atoms with Crippen LogP contribution < -0.4 is 16.0 Å². The molecule has 0 aromatic heterocycles. The van der Waals surface area contributed by atoms with Gasteiger partial charge in [0, 0.05) is 25.0 Å². The van der Waals surface area contributed by atoms with E-state index in [1.54, 1.807) is 0 Å². The molecule has 0 aliphatic heterocycles. The Morgan fingerprint density at radius 1 is 1.09 bits per heavy atom. The summed E-state index contributed by atoms with van der Waals surface area (Å²) in [5.41, 5.74) is -0.252. The van der Waals surface area contributed by atoms with Crippen molar-refractivity contribution in [3.63, 3.8) is 0 Å². The molecule has 0 bridgehead atoms. The van der Waals surface area contributed by atoms with Crippen molar-refractivity contribution in [1.29, 1.82) is 0 Å². The normalized spacial score (nSPS) is 11.8. The smallest absolute Gasteiger partial charge is 0.305 e. The maximum absolute atomic E-state index is 11.8. The van der Waals surface area contributed by atoms with Gasteiger partial charge in [0.2, 0.25) is 5.91 Å². The van der Waals surface area contributed by atoms with E-state index >= 15 is 0 Å². The molecule has 0 saturated heterocycles. The minimum atomic E-state index is -0.252. The van der Waals surface area contributed by atoms with Crippen LogP contribution >= 0.6 is 0 Å². The molecule has 0 aromatic rings. The molecule has 23 heavy (non-hydrogen) atoms. The molecule has 7 nitrogen and oxygen atoms in total. The van der Waals surface area contributed by atoms with E-state index in [0.29, 0.717) is 12.4 Å². The van der Waals surface area contributed by atoms with E-state index < -0.39 is 0 Å². The van der Waals surface area contributed by atoms with Gasteiger partial charge in [0.25, 0.3) is 0 Å². The lowest BCUT2D eigenvalue weighted by Gasteiger charge is -2.20. The molecule has 0 heterocycles. The second-order valence-electron chi connectivity index (χ2n) is 6.31. The van der Waals surface area contributed by atoms with Gasteiger partial charge in [-0.25, -0.2) is 4.99 Å². The van der Waals surface area contributed by atoms with Crippen molar-refractivity contribution in [1.82, 2.24) is 16.0 Å². The van der Waals surface area contributed by atoms with Crippen LogP contribution in [0.5, 0.6) is 0 Å². The number of amides is 1. The SMILES string of the molecule is CCNC(=NCC(=O)NC(C)(C)C)NCCCCCC(=O)OC. The third kappa shape index (κ3) is 13.6. The highest BCUT2D eigenvalue weighted by atomic mass is 16.5. The van der Waals surface area contributed by atoms with Crippen molar-refractivity contribution in [2.45, 2.75) is 58.9 Å². The van der Waals surface area contributed by atoms with Gasteiger partial charge in [-0.2, -0.15) is 0 Å².